The molecule has 0 aromatic carbocycles. The second-order valence-corrected chi connectivity index (χ2v) is 2.08. The largest absolute Gasteiger partial charge is 0.356 e. The zero-order valence-electron chi connectivity index (χ0n) is 5.02. The van der Waals surface area contributed by atoms with E-state index >= 15 is 0 Å². The number of rotatable bonds is 1. The van der Waals surface area contributed by atoms with Crippen LogP contribution >= 0.6 is 11.6 Å². The lowest BCUT2D eigenvalue weighted by molar-refractivity contribution is 0.0949. The second kappa shape index (κ2) is 2.72. The van der Waals surface area contributed by atoms with Crippen molar-refractivity contribution in [3.8, 4) is 0 Å². The average molecular weight is 160 g/mol. The molecule has 1 amide bonds. The van der Waals surface area contributed by atoms with Gasteiger partial charge in [0, 0.05) is 6.20 Å². The molecule has 54 valence electrons. The van der Waals surface area contributed by atoms with Crippen molar-refractivity contribution < 1.29 is 4.79 Å². The van der Waals surface area contributed by atoms with Gasteiger partial charge < -0.3 is 4.98 Å². The van der Waals surface area contributed by atoms with E-state index in [0.29, 0.717) is 5.02 Å². The molecule has 0 aliphatic heterocycles. The predicted molar refractivity (Wildman–Crippen MR) is 37.5 cm³/mol. The summed E-state index contributed by atoms with van der Waals surface area (Å²) < 4.78 is 0. The Morgan fingerprint density at radius 1 is 1.80 bits per heavy atom. The summed E-state index contributed by atoms with van der Waals surface area (Å²) in [4.78, 5) is 13.4. The summed E-state index contributed by atoms with van der Waals surface area (Å²) in [6.45, 7) is 0. The molecule has 0 radical (unpaired) electrons. The first-order valence-electron chi connectivity index (χ1n) is 2.59. The van der Waals surface area contributed by atoms with E-state index in [0.717, 1.165) is 0 Å². The van der Waals surface area contributed by atoms with Gasteiger partial charge in [-0.05, 0) is 6.07 Å². The number of carbonyl (C=O) groups excluding carboxylic acids is 1. The van der Waals surface area contributed by atoms with Gasteiger partial charge in [-0.15, -0.1) is 0 Å². The summed E-state index contributed by atoms with van der Waals surface area (Å²) in [5.41, 5.74) is 2.24. The van der Waals surface area contributed by atoms with Crippen molar-refractivity contribution in [1.29, 1.82) is 0 Å². The Bertz CT molecular complexity index is 245. The molecule has 4 nitrogen and oxygen atoms in total. The predicted octanol–water partition coefficient (Wildman–Crippen LogP) is 0.272. The van der Waals surface area contributed by atoms with Gasteiger partial charge in [-0.1, -0.05) is 11.6 Å². The van der Waals surface area contributed by atoms with Crippen molar-refractivity contribution in [3.63, 3.8) is 0 Å². The third kappa shape index (κ3) is 1.12. The van der Waals surface area contributed by atoms with Gasteiger partial charge in [-0.25, -0.2) is 5.84 Å². The Kier molecular flexibility index (Phi) is 1.94. The number of hydrogen-bond donors (Lipinski definition) is 3. The molecule has 10 heavy (non-hydrogen) atoms. The van der Waals surface area contributed by atoms with Gasteiger partial charge in [0.2, 0.25) is 0 Å². The maximum atomic E-state index is 10.7. The van der Waals surface area contributed by atoms with Crippen LogP contribution in [-0.2, 0) is 0 Å². The summed E-state index contributed by atoms with van der Waals surface area (Å²) in [7, 11) is 0. The normalized spacial score (nSPS) is 9.40. The van der Waals surface area contributed by atoms with E-state index in [1.165, 1.54) is 0 Å². The first kappa shape index (κ1) is 7.11. The van der Waals surface area contributed by atoms with E-state index in [9.17, 15) is 4.79 Å². The van der Waals surface area contributed by atoms with Crippen LogP contribution in [-0.4, -0.2) is 10.9 Å². The monoisotopic (exact) mass is 159 g/mol. The smallest absolute Gasteiger partial charge is 0.283 e. The zero-order valence-corrected chi connectivity index (χ0v) is 5.77. The lowest BCUT2D eigenvalue weighted by Gasteiger charge is -1.94. The molecule has 1 aromatic heterocycles. The first-order valence-corrected chi connectivity index (χ1v) is 2.97. The number of nitrogen functional groups attached to an aromatic ring is 1. The molecular formula is C5H6ClN3O. The van der Waals surface area contributed by atoms with Gasteiger partial charge in [0.25, 0.3) is 5.91 Å². The quantitative estimate of drug-likeness (QED) is 0.313. The summed E-state index contributed by atoms with van der Waals surface area (Å²) in [5.74, 6) is 4.43. The van der Waals surface area contributed by atoms with E-state index < -0.39 is 5.91 Å². The van der Waals surface area contributed by atoms with Crippen LogP contribution in [0.1, 0.15) is 10.5 Å². The van der Waals surface area contributed by atoms with Crippen LogP contribution in [0, 0.1) is 0 Å². The number of carbonyl (C=O) groups is 1. The molecule has 0 atom stereocenters. The number of H-pyrrole nitrogens is 1. The average Bonchev–Trinajstić information content (AvgIpc) is 2.34. The molecule has 0 aliphatic rings. The molecule has 0 saturated carbocycles. The molecule has 5 heteroatoms. The molecule has 0 unspecified atom stereocenters. The topological polar surface area (TPSA) is 70.9 Å². The van der Waals surface area contributed by atoms with Gasteiger partial charge >= 0.3 is 0 Å². The SMILES string of the molecule is NNC(=O)c1[nH]ccc1Cl. The summed E-state index contributed by atoms with van der Waals surface area (Å²) in [6, 6.07) is 1.58. The molecule has 1 aromatic rings. The highest BCUT2D eigenvalue weighted by atomic mass is 35.5. The summed E-state index contributed by atoms with van der Waals surface area (Å²) in [5, 5.41) is 0.364. The third-order valence-electron chi connectivity index (χ3n) is 1.05. The standard InChI is InChI=1S/C5H6ClN3O/c6-3-1-2-8-4(3)5(10)9-7/h1-2,8H,7H2,(H,9,10). The molecule has 0 spiro atoms. The van der Waals surface area contributed by atoms with Crippen molar-refractivity contribution >= 4 is 17.5 Å². The minimum atomic E-state index is -0.421. The molecule has 0 aliphatic carbocycles. The molecule has 4 N–H and O–H groups in total. The number of hydrogen-bond acceptors (Lipinski definition) is 2. The van der Waals surface area contributed by atoms with Crippen molar-refractivity contribution in [2.45, 2.75) is 0 Å². The number of nitrogens with two attached hydrogens (primary N) is 1. The Labute approximate surface area is 62.3 Å². The van der Waals surface area contributed by atoms with Crippen molar-refractivity contribution in [2.24, 2.45) is 5.84 Å². The van der Waals surface area contributed by atoms with Gasteiger partial charge in [0.1, 0.15) is 5.69 Å². The van der Waals surface area contributed by atoms with Gasteiger partial charge in [-0.3, -0.25) is 10.2 Å². The minimum absolute atomic E-state index is 0.282. The minimum Gasteiger partial charge on any atom is -0.356 e. The molecule has 1 heterocycles. The second-order valence-electron chi connectivity index (χ2n) is 1.67. The third-order valence-corrected chi connectivity index (χ3v) is 1.37. The number of aromatic amines is 1. The van der Waals surface area contributed by atoms with E-state index in [4.69, 9.17) is 17.4 Å². The maximum absolute atomic E-state index is 10.7. The number of aromatic nitrogens is 1. The van der Waals surface area contributed by atoms with Crippen molar-refractivity contribution in [3.05, 3.63) is 23.0 Å². The van der Waals surface area contributed by atoms with Crippen LogP contribution in [0.2, 0.25) is 5.02 Å². The van der Waals surface area contributed by atoms with Crippen LogP contribution < -0.4 is 11.3 Å². The zero-order chi connectivity index (χ0) is 7.56. The Morgan fingerprint density at radius 2 is 2.50 bits per heavy atom. The lowest BCUT2D eigenvalue weighted by Crippen LogP contribution is -2.30. The number of hydrazine groups is 1. The summed E-state index contributed by atoms with van der Waals surface area (Å²) in [6.07, 6.45) is 1.56. The lowest BCUT2D eigenvalue weighted by atomic mass is 10.4. The molecule has 0 bridgehead atoms. The molecule has 1 rings (SSSR count). The van der Waals surface area contributed by atoms with Crippen LogP contribution in [0.25, 0.3) is 0 Å². The fourth-order valence-electron chi connectivity index (χ4n) is 0.597. The first-order chi connectivity index (χ1) is 4.75. The highest BCUT2D eigenvalue weighted by Gasteiger charge is 2.07. The van der Waals surface area contributed by atoms with Crippen molar-refractivity contribution in [2.75, 3.05) is 0 Å². The Hall–Kier alpha value is -1.00. The van der Waals surface area contributed by atoms with Crippen LogP contribution in [0.5, 0.6) is 0 Å². The van der Waals surface area contributed by atoms with Gasteiger partial charge in [-0.2, -0.15) is 0 Å². The van der Waals surface area contributed by atoms with E-state index in [2.05, 4.69) is 4.98 Å². The molecule has 0 fully saturated rings. The van der Waals surface area contributed by atoms with Gasteiger partial charge in [0.15, 0.2) is 0 Å². The van der Waals surface area contributed by atoms with Gasteiger partial charge in [0.05, 0.1) is 5.02 Å². The highest BCUT2D eigenvalue weighted by molar-refractivity contribution is 6.33. The van der Waals surface area contributed by atoms with E-state index in [1.54, 1.807) is 12.3 Å². The van der Waals surface area contributed by atoms with Crippen molar-refractivity contribution in [1.82, 2.24) is 10.4 Å². The fourth-order valence-corrected chi connectivity index (χ4v) is 0.800. The van der Waals surface area contributed by atoms with Crippen LogP contribution in [0.15, 0.2) is 12.3 Å². The Morgan fingerprint density at radius 3 is 2.90 bits per heavy atom. The molecule has 0 saturated heterocycles. The maximum Gasteiger partial charge on any atom is 0.283 e. The number of nitrogens with one attached hydrogen (secondary N) is 2. The highest BCUT2D eigenvalue weighted by Crippen LogP contribution is 2.12. The molecular weight excluding hydrogens is 154 g/mol. The number of amides is 1. The Balaban J connectivity index is 2.93. The fraction of sp³-hybridized carbons (Fsp3) is 0. The van der Waals surface area contributed by atoms with E-state index in [1.807, 2.05) is 5.43 Å². The van der Waals surface area contributed by atoms with Crippen LogP contribution in [0.4, 0.5) is 0 Å². The van der Waals surface area contributed by atoms with E-state index in [-0.39, 0.29) is 5.69 Å². The number of halogens is 1. The summed E-state index contributed by atoms with van der Waals surface area (Å²) >= 11 is 5.57. The van der Waals surface area contributed by atoms with Crippen LogP contribution in [0.3, 0.4) is 0 Å².